The van der Waals surface area contributed by atoms with Crippen molar-refractivity contribution in [1.29, 1.82) is 0 Å². The number of methoxy groups -OCH3 is 1. The summed E-state index contributed by atoms with van der Waals surface area (Å²) in [6.07, 6.45) is -1.64. The summed E-state index contributed by atoms with van der Waals surface area (Å²) in [6, 6.07) is -0.901. The summed E-state index contributed by atoms with van der Waals surface area (Å²) in [4.78, 5) is 22.4. The number of hydrogen-bond acceptors (Lipinski definition) is 4. The summed E-state index contributed by atoms with van der Waals surface area (Å²) in [6.45, 7) is 4.86. The van der Waals surface area contributed by atoms with E-state index in [1.165, 1.54) is 14.0 Å². The van der Waals surface area contributed by atoms with E-state index in [1.807, 2.05) is 0 Å². The number of amides is 1. The van der Waals surface area contributed by atoms with E-state index in [9.17, 15) is 14.7 Å². The lowest BCUT2D eigenvalue weighted by atomic mass is 9.98. The van der Waals surface area contributed by atoms with Gasteiger partial charge >= 0.3 is 6.09 Å². The third-order valence-corrected chi connectivity index (χ3v) is 1.82. The molecule has 0 bridgehead atoms. The minimum atomic E-state index is -0.927. The van der Waals surface area contributed by atoms with E-state index in [0.717, 1.165) is 0 Å². The van der Waals surface area contributed by atoms with Crippen molar-refractivity contribution in [3.8, 4) is 0 Å². The number of rotatable bonds is 4. The van der Waals surface area contributed by atoms with E-state index in [-0.39, 0.29) is 11.7 Å². The fraction of sp³-hybridized carbons (Fsp3) is 0.778. The number of aliphatic hydroxyl groups is 1. The van der Waals surface area contributed by atoms with Crippen LogP contribution in [-0.2, 0) is 9.53 Å². The van der Waals surface area contributed by atoms with Crippen LogP contribution in [-0.4, -0.2) is 36.2 Å². The number of aliphatic hydroxyl groups excluding tert-OH is 1. The van der Waals surface area contributed by atoms with Crippen LogP contribution >= 0.6 is 0 Å². The SMILES string of the molecule is COC(=O)N[C@@H](C(=O)C(C)C)[C@@H](C)O. The Morgan fingerprint density at radius 2 is 1.79 bits per heavy atom. The van der Waals surface area contributed by atoms with Gasteiger partial charge in [-0.15, -0.1) is 0 Å². The molecule has 0 unspecified atom stereocenters. The van der Waals surface area contributed by atoms with Crippen molar-refractivity contribution in [1.82, 2.24) is 5.32 Å². The molecule has 14 heavy (non-hydrogen) atoms. The maximum atomic E-state index is 11.5. The Bertz CT molecular complexity index is 213. The van der Waals surface area contributed by atoms with Crippen molar-refractivity contribution in [2.24, 2.45) is 5.92 Å². The summed E-state index contributed by atoms with van der Waals surface area (Å²) < 4.78 is 4.35. The van der Waals surface area contributed by atoms with Crippen molar-refractivity contribution in [3.63, 3.8) is 0 Å². The molecule has 1 amide bonds. The molecule has 0 saturated carbocycles. The minimum absolute atomic E-state index is 0.217. The van der Waals surface area contributed by atoms with Gasteiger partial charge in [0, 0.05) is 5.92 Å². The van der Waals surface area contributed by atoms with Crippen LogP contribution in [0.15, 0.2) is 0 Å². The number of carbonyl (C=O) groups excluding carboxylic acids is 2. The van der Waals surface area contributed by atoms with Gasteiger partial charge in [-0.1, -0.05) is 13.8 Å². The first-order valence-corrected chi connectivity index (χ1v) is 4.46. The summed E-state index contributed by atoms with van der Waals surface area (Å²) in [5.74, 6) is -0.461. The molecule has 2 N–H and O–H groups in total. The van der Waals surface area contributed by atoms with E-state index in [0.29, 0.717) is 0 Å². The normalized spacial score (nSPS) is 14.7. The second kappa shape index (κ2) is 5.59. The molecule has 5 heteroatoms. The maximum absolute atomic E-state index is 11.5. The Hall–Kier alpha value is -1.10. The molecule has 0 rings (SSSR count). The van der Waals surface area contributed by atoms with Gasteiger partial charge in [0.1, 0.15) is 6.04 Å². The molecule has 0 spiro atoms. The van der Waals surface area contributed by atoms with Gasteiger partial charge in [-0.05, 0) is 6.92 Å². The zero-order valence-corrected chi connectivity index (χ0v) is 8.90. The molecule has 0 aliphatic carbocycles. The molecule has 0 aromatic heterocycles. The average Bonchev–Trinajstić information content (AvgIpc) is 2.11. The molecule has 0 aliphatic heterocycles. The van der Waals surface area contributed by atoms with E-state index in [4.69, 9.17) is 0 Å². The van der Waals surface area contributed by atoms with Gasteiger partial charge in [-0.2, -0.15) is 0 Å². The highest BCUT2D eigenvalue weighted by Crippen LogP contribution is 2.04. The molecule has 0 saturated heterocycles. The number of ketones is 1. The molecule has 0 aromatic carbocycles. The van der Waals surface area contributed by atoms with Crippen LogP contribution in [0.4, 0.5) is 4.79 Å². The van der Waals surface area contributed by atoms with Crippen LogP contribution < -0.4 is 5.32 Å². The van der Waals surface area contributed by atoms with Crippen molar-refractivity contribution in [2.45, 2.75) is 32.9 Å². The van der Waals surface area contributed by atoms with Crippen molar-refractivity contribution in [3.05, 3.63) is 0 Å². The highest BCUT2D eigenvalue weighted by molar-refractivity contribution is 5.89. The zero-order chi connectivity index (χ0) is 11.3. The molecule has 2 atom stereocenters. The van der Waals surface area contributed by atoms with Crippen LogP contribution in [0.2, 0.25) is 0 Å². The highest BCUT2D eigenvalue weighted by Gasteiger charge is 2.27. The smallest absolute Gasteiger partial charge is 0.407 e. The van der Waals surface area contributed by atoms with Crippen LogP contribution in [0.3, 0.4) is 0 Å². The summed E-state index contributed by atoms with van der Waals surface area (Å²) in [5, 5.41) is 11.6. The predicted molar refractivity (Wildman–Crippen MR) is 50.9 cm³/mol. The molecule has 0 radical (unpaired) electrons. The standard InChI is InChI=1S/C9H17NO4/c1-5(2)8(12)7(6(3)11)10-9(13)14-4/h5-7,11H,1-4H3,(H,10,13)/t6-,7-/m1/s1. The summed E-state index contributed by atoms with van der Waals surface area (Å²) in [7, 11) is 1.20. The van der Waals surface area contributed by atoms with Gasteiger partial charge < -0.3 is 15.2 Å². The zero-order valence-electron chi connectivity index (χ0n) is 8.90. The van der Waals surface area contributed by atoms with Crippen LogP contribution in [0.5, 0.6) is 0 Å². The first-order chi connectivity index (χ1) is 6.40. The number of carbonyl (C=O) groups is 2. The summed E-state index contributed by atoms with van der Waals surface area (Å²) in [5.41, 5.74) is 0. The third-order valence-electron chi connectivity index (χ3n) is 1.82. The topological polar surface area (TPSA) is 75.6 Å². The molecule has 82 valence electrons. The van der Waals surface area contributed by atoms with Crippen molar-refractivity contribution >= 4 is 11.9 Å². The quantitative estimate of drug-likeness (QED) is 0.689. The number of ether oxygens (including phenoxy) is 1. The van der Waals surface area contributed by atoms with E-state index >= 15 is 0 Å². The lowest BCUT2D eigenvalue weighted by Crippen LogP contribution is -2.49. The number of Topliss-reactive ketones (excluding diaryl/α,β-unsaturated/α-hetero) is 1. The second-order valence-corrected chi connectivity index (χ2v) is 3.41. The highest BCUT2D eigenvalue weighted by atomic mass is 16.5. The molecule has 0 heterocycles. The fourth-order valence-electron chi connectivity index (χ4n) is 0.974. The van der Waals surface area contributed by atoms with Crippen LogP contribution in [0.25, 0.3) is 0 Å². The van der Waals surface area contributed by atoms with Gasteiger partial charge in [0.15, 0.2) is 5.78 Å². The maximum Gasteiger partial charge on any atom is 0.407 e. The van der Waals surface area contributed by atoms with E-state index < -0.39 is 18.2 Å². The lowest BCUT2D eigenvalue weighted by molar-refractivity contribution is -0.126. The van der Waals surface area contributed by atoms with Gasteiger partial charge in [-0.3, -0.25) is 4.79 Å². The molecule has 0 aliphatic rings. The van der Waals surface area contributed by atoms with Crippen LogP contribution in [0, 0.1) is 5.92 Å². The average molecular weight is 203 g/mol. The minimum Gasteiger partial charge on any atom is -0.453 e. The summed E-state index contributed by atoms with van der Waals surface area (Å²) >= 11 is 0. The number of alkyl carbamates (subject to hydrolysis) is 1. The molecular weight excluding hydrogens is 186 g/mol. The Balaban J connectivity index is 4.45. The molecule has 5 nitrogen and oxygen atoms in total. The van der Waals surface area contributed by atoms with Crippen molar-refractivity contribution in [2.75, 3.05) is 7.11 Å². The molecule has 0 fully saturated rings. The van der Waals surface area contributed by atoms with Gasteiger partial charge in [0.25, 0.3) is 0 Å². The largest absolute Gasteiger partial charge is 0.453 e. The molecule has 0 aromatic rings. The Morgan fingerprint density at radius 1 is 1.29 bits per heavy atom. The third kappa shape index (κ3) is 3.74. The first kappa shape index (κ1) is 12.9. The van der Waals surface area contributed by atoms with E-state index in [2.05, 4.69) is 10.1 Å². The van der Waals surface area contributed by atoms with Crippen LogP contribution in [0.1, 0.15) is 20.8 Å². The van der Waals surface area contributed by atoms with E-state index in [1.54, 1.807) is 13.8 Å². The molecular formula is C9H17NO4. The predicted octanol–water partition coefficient (Wildman–Crippen LogP) is 0.317. The Morgan fingerprint density at radius 3 is 2.07 bits per heavy atom. The second-order valence-electron chi connectivity index (χ2n) is 3.41. The number of nitrogens with one attached hydrogen (secondary N) is 1. The Kier molecular flexibility index (Phi) is 5.15. The van der Waals surface area contributed by atoms with Crippen molar-refractivity contribution < 1.29 is 19.4 Å². The van der Waals surface area contributed by atoms with Gasteiger partial charge in [0.2, 0.25) is 0 Å². The fourth-order valence-corrected chi connectivity index (χ4v) is 0.974. The van der Waals surface area contributed by atoms with Gasteiger partial charge in [-0.25, -0.2) is 4.79 Å². The number of hydrogen-bond donors (Lipinski definition) is 2. The first-order valence-electron chi connectivity index (χ1n) is 4.46. The lowest BCUT2D eigenvalue weighted by Gasteiger charge is -2.21. The van der Waals surface area contributed by atoms with Gasteiger partial charge in [0.05, 0.1) is 13.2 Å². The monoisotopic (exact) mass is 203 g/mol. The Labute approximate surface area is 83.4 Å².